The quantitative estimate of drug-likeness (QED) is 0.843. The molecule has 1 aliphatic carbocycles. The Hall–Kier alpha value is -2.09. The third-order valence-electron chi connectivity index (χ3n) is 4.15. The highest BCUT2D eigenvalue weighted by Crippen LogP contribution is 2.32. The minimum atomic E-state index is -0.171. The second-order valence-corrected chi connectivity index (χ2v) is 5.75. The van der Waals surface area contributed by atoms with Crippen molar-refractivity contribution in [2.75, 3.05) is 0 Å². The summed E-state index contributed by atoms with van der Waals surface area (Å²) in [4.78, 5) is 0. The molecule has 0 aromatic heterocycles. The molecule has 0 saturated heterocycles. The molecule has 2 heteroatoms. The molecule has 0 heterocycles. The first-order valence-electron chi connectivity index (χ1n) is 7.43. The van der Waals surface area contributed by atoms with Crippen LogP contribution in [0.5, 0.6) is 5.75 Å². The molecule has 0 saturated carbocycles. The summed E-state index contributed by atoms with van der Waals surface area (Å²) in [5, 5.41) is 9.51. The van der Waals surface area contributed by atoms with E-state index < -0.39 is 0 Å². The molecule has 0 radical (unpaired) electrons. The average molecular weight is 282 g/mol. The van der Waals surface area contributed by atoms with Crippen LogP contribution in [0, 0.1) is 11.7 Å². The summed E-state index contributed by atoms with van der Waals surface area (Å²) in [6.45, 7) is 0. The second-order valence-electron chi connectivity index (χ2n) is 5.75. The number of benzene rings is 2. The molecule has 1 nitrogen and oxygen atoms in total. The van der Waals surface area contributed by atoms with Gasteiger partial charge in [0.25, 0.3) is 0 Å². The van der Waals surface area contributed by atoms with Crippen molar-refractivity contribution in [3.8, 4) is 5.75 Å². The molecule has 0 fully saturated rings. The van der Waals surface area contributed by atoms with Gasteiger partial charge in [0, 0.05) is 0 Å². The Kier molecular flexibility index (Phi) is 4.05. The molecule has 0 unspecified atom stereocenters. The van der Waals surface area contributed by atoms with Gasteiger partial charge in [-0.05, 0) is 72.6 Å². The second kappa shape index (κ2) is 6.13. The molecule has 21 heavy (non-hydrogen) atoms. The molecule has 0 amide bonds. The van der Waals surface area contributed by atoms with E-state index in [1.54, 1.807) is 18.2 Å². The van der Waals surface area contributed by atoms with Crippen molar-refractivity contribution in [1.29, 1.82) is 0 Å². The topological polar surface area (TPSA) is 20.2 Å². The Labute approximate surface area is 124 Å². The van der Waals surface area contributed by atoms with Crippen molar-refractivity contribution in [1.82, 2.24) is 0 Å². The van der Waals surface area contributed by atoms with Gasteiger partial charge in [0.2, 0.25) is 0 Å². The lowest BCUT2D eigenvalue weighted by molar-refractivity contribution is 0.466. The van der Waals surface area contributed by atoms with E-state index in [9.17, 15) is 9.50 Å². The van der Waals surface area contributed by atoms with E-state index in [-0.39, 0.29) is 5.82 Å². The Morgan fingerprint density at radius 2 is 1.95 bits per heavy atom. The predicted octanol–water partition coefficient (Wildman–Crippen LogP) is 4.96. The molecule has 1 atom stereocenters. The molecule has 1 aliphatic rings. The van der Waals surface area contributed by atoms with Gasteiger partial charge in [-0.3, -0.25) is 0 Å². The SMILES string of the molecule is Oc1cccc(C[C@H]2CC=C(c3cccc(F)c3)CC2)c1. The summed E-state index contributed by atoms with van der Waals surface area (Å²) in [6, 6.07) is 14.3. The maximum atomic E-state index is 13.3. The normalized spacial score (nSPS) is 18.3. The third kappa shape index (κ3) is 3.52. The van der Waals surface area contributed by atoms with E-state index in [2.05, 4.69) is 12.1 Å². The standard InChI is InChI=1S/C19H19FO/c20-18-5-2-4-17(13-18)16-9-7-14(8-10-16)11-15-3-1-6-19(21)12-15/h1-6,9,12-14,21H,7-8,10-11H2/t14-/m0/s1. The zero-order valence-electron chi connectivity index (χ0n) is 11.9. The van der Waals surface area contributed by atoms with Crippen molar-refractivity contribution >= 4 is 5.57 Å². The number of aromatic hydroxyl groups is 1. The Morgan fingerprint density at radius 1 is 1.10 bits per heavy atom. The van der Waals surface area contributed by atoms with Gasteiger partial charge in [-0.15, -0.1) is 0 Å². The monoisotopic (exact) mass is 282 g/mol. The van der Waals surface area contributed by atoms with E-state index in [1.807, 2.05) is 18.2 Å². The molecule has 2 aromatic carbocycles. The molecule has 108 valence electrons. The number of hydrogen-bond acceptors (Lipinski definition) is 1. The summed E-state index contributed by atoms with van der Waals surface area (Å²) in [5.41, 5.74) is 3.44. The van der Waals surface area contributed by atoms with Crippen LogP contribution >= 0.6 is 0 Å². The number of phenols is 1. The highest BCUT2D eigenvalue weighted by molar-refractivity contribution is 5.66. The smallest absolute Gasteiger partial charge is 0.123 e. The minimum absolute atomic E-state index is 0.171. The minimum Gasteiger partial charge on any atom is -0.508 e. The van der Waals surface area contributed by atoms with Crippen LogP contribution in [0.2, 0.25) is 0 Å². The fraction of sp³-hybridized carbons (Fsp3) is 0.263. The van der Waals surface area contributed by atoms with Crippen LogP contribution < -0.4 is 0 Å². The molecule has 0 aliphatic heterocycles. The predicted molar refractivity (Wildman–Crippen MR) is 83.5 cm³/mol. The van der Waals surface area contributed by atoms with Crippen molar-refractivity contribution in [3.05, 3.63) is 71.6 Å². The summed E-state index contributed by atoms with van der Waals surface area (Å²) in [6.07, 6.45) is 6.35. The Balaban J connectivity index is 1.66. The lowest BCUT2D eigenvalue weighted by Crippen LogP contribution is -2.08. The third-order valence-corrected chi connectivity index (χ3v) is 4.15. The van der Waals surface area contributed by atoms with Crippen molar-refractivity contribution in [3.63, 3.8) is 0 Å². The van der Waals surface area contributed by atoms with E-state index in [0.29, 0.717) is 11.7 Å². The Morgan fingerprint density at radius 3 is 2.67 bits per heavy atom. The average Bonchev–Trinajstić information content (AvgIpc) is 2.48. The van der Waals surface area contributed by atoms with Crippen molar-refractivity contribution in [2.45, 2.75) is 25.7 Å². The van der Waals surface area contributed by atoms with Crippen LogP contribution in [0.3, 0.4) is 0 Å². The van der Waals surface area contributed by atoms with Gasteiger partial charge >= 0.3 is 0 Å². The molecule has 1 N–H and O–H groups in total. The van der Waals surface area contributed by atoms with Crippen molar-refractivity contribution in [2.24, 2.45) is 5.92 Å². The zero-order valence-corrected chi connectivity index (χ0v) is 11.9. The van der Waals surface area contributed by atoms with Gasteiger partial charge in [-0.2, -0.15) is 0 Å². The molecule has 3 rings (SSSR count). The summed E-state index contributed by atoms with van der Waals surface area (Å²) < 4.78 is 13.3. The number of rotatable bonds is 3. The largest absolute Gasteiger partial charge is 0.508 e. The molecule has 0 spiro atoms. The van der Waals surface area contributed by atoms with Crippen LogP contribution in [-0.2, 0) is 6.42 Å². The zero-order chi connectivity index (χ0) is 14.7. The molecular weight excluding hydrogens is 263 g/mol. The van der Waals surface area contributed by atoms with Crippen LogP contribution in [0.25, 0.3) is 5.57 Å². The van der Waals surface area contributed by atoms with Gasteiger partial charge < -0.3 is 5.11 Å². The van der Waals surface area contributed by atoms with Crippen LogP contribution in [-0.4, -0.2) is 5.11 Å². The maximum Gasteiger partial charge on any atom is 0.123 e. The van der Waals surface area contributed by atoms with E-state index in [1.165, 1.54) is 17.2 Å². The van der Waals surface area contributed by atoms with Gasteiger partial charge in [-0.1, -0.05) is 30.3 Å². The lowest BCUT2D eigenvalue weighted by Gasteiger charge is -2.22. The number of halogens is 1. The maximum absolute atomic E-state index is 13.3. The van der Waals surface area contributed by atoms with E-state index in [4.69, 9.17) is 0 Å². The first-order chi connectivity index (χ1) is 10.2. The summed E-state index contributed by atoms with van der Waals surface area (Å²) >= 11 is 0. The van der Waals surface area contributed by atoms with Gasteiger partial charge in [0.15, 0.2) is 0 Å². The molecule has 2 aromatic rings. The first-order valence-corrected chi connectivity index (χ1v) is 7.43. The highest BCUT2D eigenvalue weighted by atomic mass is 19.1. The number of phenolic OH excluding ortho intramolecular Hbond substituents is 1. The molecular formula is C19H19FO. The fourth-order valence-electron chi connectivity index (χ4n) is 3.04. The van der Waals surface area contributed by atoms with E-state index >= 15 is 0 Å². The number of allylic oxidation sites excluding steroid dienone is 2. The van der Waals surface area contributed by atoms with Gasteiger partial charge in [-0.25, -0.2) is 4.39 Å². The van der Waals surface area contributed by atoms with Crippen LogP contribution in [0.15, 0.2) is 54.6 Å². The van der Waals surface area contributed by atoms with Crippen LogP contribution in [0.4, 0.5) is 4.39 Å². The Bertz CT molecular complexity index is 660. The van der Waals surface area contributed by atoms with Gasteiger partial charge in [0.1, 0.15) is 11.6 Å². The number of hydrogen-bond donors (Lipinski definition) is 1. The van der Waals surface area contributed by atoms with Gasteiger partial charge in [0.05, 0.1) is 0 Å². The summed E-state index contributed by atoms with van der Waals surface area (Å²) in [7, 11) is 0. The first kappa shape index (κ1) is 13.9. The fourth-order valence-corrected chi connectivity index (χ4v) is 3.04. The molecule has 0 bridgehead atoms. The van der Waals surface area contributed by atoms with Crippen molar-refractivity contribution < 1.29 is 9.50 Å². The summed E-state index contributed by atoms with van der Waals surface area (Å²) in [5.74, 6) is 0.763. The van der Waals surface area contributed by atoms with E-state index in [0.717, 1.165) is 31.2 Å². The lowest BCUT2D eigenvalue weighted by atomic mass is 9.83. The van der Waals surface area contributed by atoms with Crippen LogP contribution in [0.1, 0.15) is 30.4 Å². The highest BCUT2D eigenvalue weighted by Gasteiger charge is 2.16.